The van der Waals surface area contributed by atoms with E-state index in [-0.39, 0.29) is 30.4 Å². The molecule has 0 spiro atoms. The Kier molecular flexibility index (Phi) is 5.35. The molecule has 1 N–H and O–H groups in total. The number of rotatable bonds is 6. The van der Waals surface area contributed by atoms with Gasteiger partial charge in [0, 0.05) is 5.69 Å². The molecule has 3 aromatic rings. The smallest absolute Gasteiger partial charge is 0.343 e. The number of aromatic nitrogens is 4. The highest BCUT2D eigenvalue weighted by Gasteiger charge is 2.21. The largest absolute Gasteiger partial charge is 0.462 e. The van der Waals surface area contributed by atoms with Gasteiger partial charge in [-0.3, -0.25) is 9.48 Å². The van der Waals surface area contributed by atoms with Gasteiger partial charge in [-0.25, -0.2) is 9.48 Å². The first-order chi connectivity index (χ1) is 13.0. The van der Waals surface area contributed by atoms with Gasteiger partial charge in [0.05, 0.1) is 24.2 Å². The summed E-state index contributed by atoms with van der Waals surface area (Å²) in [4.78, 5) is 24.9. The van der Waals surface area contributed by atoms with Crippen molar-refractivity contribution >= 4 is 17.7 Å². The molecule has 0 aliphatic rings. The maximum absolute atomic E-state index is 12.6. The molecular formula is C19H21N5O3. The SMILES string of the molecule is CCOC(=O)c1cnn(-c2ccccc2)c1NC(=O)Cn1nc(C)cc1C. The van der Waals surface area contributed by atoms with Crippen molar-refractivity contribution in [3.05, 3.63) is 59.5 Å². The van der Waals surface area contributed by atoms with Crippen molar-refractivity contribution in [3.8, 4) is 5.69 Å². The van der Waals surface area contributed by atoms with Gasteiger partial charge in [0.25, 0.3) is 0 Å². The topological polar surface area (TPSA) is 91.0 Å². The number of para-hydroxylation sites is 1. The number of nitrogens with zero attached hydrogens (tertiary/aromatic N) is 4. The van der Waals surface area contributed by atoms with E-state index in [1.807, 2.05) is 50.2 Å². The summed E-state index contributed by atoms with van der Waals surface area (Å²) in [6.07, 6.45) is 1.39. The fraction of sp³-hybridized carbons (Fsp3) is 0.263. The normalized spacial score (nSPS) is 10.6. The minimum atomic E-state index is -0.541. The molecule has 140 valence electrons. The number of nitrogens with one attached hydrogen (secondary N) is 1. The Bertz CT molecular complexity index is 959. The Balaban J connectivity index is 1.91. The number of anilines is 1. The molecule has 0 saturated carbocycles. The van der Waals surface area contributed by atoms with Crippen molar-refractivity contribution in [3.63, 3.8) is 0 Å². The second-order valence-electron chi connectivity index (χ2n) is 6.01. The molecule has 27 heavy (non-hydrogen) atoms. The lowest BCUT2D eigenvalue weighted by Gasteiger charge is -2.11. The predicted octanol–water partition coefficient (Wildman–Crippen LogP) is 2.50. The van der Waals surface area contributed by atoms with E-state index >= 15 is 0 Å². The second-order valence-corrected chi connectivity index (χ2v) is 6.01. The van der Waals surface area contributed by atoms with Gasteiger partial charge in [0.2, 0.25) is 5.91 Å². The molecule has 8 heteroatoms. The molecule has 2 aromatic heterocycles. The molecular weight excluding hydrogens is 346 g/mol. The molecule has 2 heterocycles. The van der Waals surface area contributed by atoms with Gasteiger partial charge in [-0.05, 0) is 39.0 Å². The van der Waals surface area contributed by atoms with Crippen LogP contribution in [0.1, 0.15) is 28.7 Å². The van der Waals surface area contributed by atoms with Gasteiger partial charge in [-0.15, -0.1) is 0 Å². The molecule has 1 amide bonds. The second kappa shape index (κ2) is 7.86. The van der Waals surface area contributed by atoms with Gasteiger partial charge in [-0.2, -0.15) is 10.2 Å². The Morgan fingerprint density at radius 2 is 1.93 bits per heavy atom. The molecule has 8 nitrogen and oxygen atoms in total. The third kappa shape index (κ3) is 4.05. The van der Waals surface area contributed by atoms with Crippen molar-refractivity contribution in [2.45, 2.75) is 27.3 Å². The van der Waals surface area contributed by atoms with E-state index in [4.69, 9.17) is 4.74 Å². The van der Waals surface area contributed by atoms with E-state index in [1.54, 1.807) is 11.6 Å². The van der Waals surface area contributed by atoms with Crippen LogP contribution in [-0.2, 0) is 16.1 Å². The van der Waals surface area contributed by atoms with E-state index in [2.05, 4.69) is 15.5 Å². The van der Waals surface area contributed by atoms with Gasteiger partial charge >= 0.3 is 5.97 Å². The number of aryl methyl sites for hydroxylation is 2. The lowest BCUT2D eigenvalue weighted by molar-refractivity contribution is -0.117. The van der Waals surface area contributed by atoms with E-state index in [1.165, 1.54) is 10.9 Å². The molecule has 0 radical (unpaired) electrons. The van der Waals surface area contributed by atoms with E-state index < -0.39 is 5.97 Å². The molecule has 0 unspecified atom stereocenters. The number of ether oxygens (including phenoxy) is 1. The van der Waals surface area contributed by atoms with Crippen LogP contribution in [0, 0.1) is 13.8 Å². The Morgan fingerprint density at radius 1 is 1.19 bits per heavy atom. The van der Waals surface area contributed by atoms with Crippen LogP contribution in [0.15, 0.2) is 42.6 Å². The van der Waals surface area contributed by atoms with Crippen LogP contribution in [0.2, 0.25) is 0 Å². The Labute approximate surface area is 156 Å². The monoisotopic (exact) mass is 367 g/mol. The van der Waals surface area contributed by atoms with Gasteiger partial charge in [0.1, 0.15) is 12.1 Å². The van der Waals surface area contributed by atoms with Crippen LogP contribution in [0.3, 0.4) is 0 Å². The van der Waals surface area contributed by atoms with Crippen molar-refractivity contribution in [2.75, 3.05) is 11.9 Å². The number of amides is 1. The van der Waals surface area contributed by atoms with Crippen molar-refractivity contribution in [1.82, 2.24) is 19.6 Å². The molecule has 0 atom stereocenters. The lowest BCUT2D eigenvalue weighted by atomic mass is 10.3. The molecule has 3 rings (SSSR count). The summed E-state index contributed by atoms with van der Waals surface area (Å²) in [6.45, 7) is 5.73. The molecule has 0 aliphatic heterocycles. The summed E-state index contributed by atoms with van der Waals surface area (Å²) in [5.74, 6) is -0.586. The van der Waals surface area contributed by atoms with E-state index in [9.17, 15) is 9.59 Å². The molecule has 0 bridgehead atoms. The van der Waals surface area contributed by atoms with E-state index in [0.717, 1.165) is 17.1 Å². The minimum Gasteiger partial charge on any atom is -0.462 e. The minimum absolute atomic E-state index is 0.0297. The standard InChI is InChI=1S/C19H21N5O3/c1-4-27-19(26)16-11-20-24(15-8-6-5-7-9-15)18(16)21-17(25)12-23-14(3)10-13(2)22-23/h5-11H,4,12H2,1-3H3,(H,21,25). The first-order valence-electron chi connectivity index (χ1n) is 8.61. The number of benzene rings is 1. The van der Waals surface area contributed by atoms with Crippen LogP contribution >= 0.6 is 0 Å². The average molecular weight is 367 g/mol. The van der Waals surface area contributed by atoms with Crippen LogP contribution in [0.25, 0.3) is 5.69 Å². The number of hydrogen-bond donors (Lipinski definition) is 1. The highest BCUT2D eigenvalue weighted by molar-refractivity contribution is 6.00. The maximum Gasteiger partial charge on any atom is 0.343 e. The highest BCUT2D eigenvalue weighted by Crippen LogP contribution is 2.21. The van der Waals surface area contributed by atoms with Gasteiger partial charge in [-0.1, -0.05) is 18.2 Å². The summed E-state index contributed by atoms with van der Waals surface area (Å²) in [6, 6.07) is 11.1. The number of carbonyl (C=O) groups is 2. The lowest BCUT2D eigenvalue weighted by Crippen LogP contribution is -2.23. The molecule has 0 saturated heterocycles. The van der Waals surface area contributed by atoms with E-state index in [0.29, 0.717) is 0 Å². The zero-order valence-electron chi connectivity index (χ0n) is 15.5. The van der Waals surface area contributed by atoms with Crippen molar-refractivity contribution in [2.24, 2.45) is 0 Å². The first-order valence-corrected chi connectivity index (χ1v) is 8.61. The zero-order valence-corrected chi connectivity index (χ0v) is 15.5. The Morgan fingerprint density at radius 3 is 2.56 bits per heavy atom. The zero-order chi connectivity index (χ0) is 19.4. The maximum atomic E-state index is 12.6. The van der Waals surface area contributed by atoms with Crippen LogP contribution < -0.4 is 5.32 Å². The summed E-state index contributed by atoms with van der Waals surface area (Å²) in [5, 5.41) is 11.3. The molecule has 0 fully saturated rings. The number of esters is 1. The Hall–Kier alpha value is -3.42. The third-order valence-electron chi connectivity index (χ3n) is 3.92. The first kappa shape index (κ1) is 18.4. The predicted molar refractivity (Wildman–Crippen MR) is 99.9 cm³/mol. The highest BCUT2D eigenvalue weighted by atomic mass is 16.5. The van der Waals surface area contributed by atoms with Crippen molar-refractivity contribution < 1.29 is 14.3 Å². The van der Waals surface area contributed by atoms with Crippen molar-refractivity contribution in [1.29, 1.82) is 0 Å². The average Bonchev–Trinajstić information content (AvgIpc) is 3.19. The summed E-state index contributed by atoms with van der Waals surface area (Å²) < 4.78 is 8.19. The fourth-order valence-corrected chi connectivity index (χ4v) is 2.73. The molecule has 1 aromatic carbocycles. The fourth-order valence-electron chi connectivity index (χ4n) is 2.73. The summed E-state index contributed by atoms with van der Waals surface area (Å²) >= 11 is 0. The summed E-state index contributed by atoms with van der Waals surface area (Å²) in [7, 11) is 0. The third-order valence-corrected chi connectivity index (χ3v) is 3.92. The molecule has 0 aliphatic carbocycles. The van der Waals surface area contributed by atoms with Crippen LogP contribution in [-0.4, -0.2) is 38.0 Å². The number of carbonyl (C=O) groups excluding carboxylic acids is 2. The van der Waals surface area contributed by atoms with Gasteiger partial charge < -0.3 is 10.1 Å². The van der Waals surface area contributed by atoms with Crippen LogP contribution in [0.5, 0.6) is 0 Å². The number of hydrogen-bond acceptors (Lipinski definition) is 5. The summed E-state index contributed by atoms with van der Waals surface area (Å²) in [5.41, 5.74) is 2.63. The van der Waals surface area contributed by atoms with Crippen LogP contribution in [0.4, 0.5) is 5.82 Å². The quantitative estimate of drug-likeness (QED) is 0.676. The van der Waals surface area contributed by atoms with Gasteiger partial charge in [0.15, 0.2) is 5.82 Å².